The number of aryl methyl sites for hydroxylation is 1. The Morgan fingerprint density at radius 1 is 1.20 bits per heavy atom. The second-order valence-corrected chi connectivity index (χ2v) is 9.09. The fourth-order valence-electron chi connectivity index (χ4n) is 4.25. The van der Waals surface area contributed by atoms with E-state index < -0.39 is 0 Å². The largest absolute Gasteiger partial charge is 0.498 e. The van der Waals surface area contributed by atoms with Crippen molar-refractivity contribution >= 4 is 34.8 Å². The summed E-state index contributed by atoms with van der Waals surface area (Å²) in [7, 11) is 0. The van der Waals surface area contributed by atoms with Gasteiger partial charge in [-0.25, -0.2) is 10.5 Å². The number of nitrogens with one attached hydrogen (secondary N) is 2. The van der Waals surface area contributed by atoms with E-state index in [0.717, 1.165) is 39.7 Å². The first kappa shape index (κ1) is 28.1. The van der Waals surface area contributed by atoms with Gasteiger partial charge in [0.25, 0.3) is 12.4 Å². The van der Waals surface area contributed by atoms with Crippen LogP contribution in [0.25, 0.3) is 22.2 Å². The standard InChI is InChI=1S/C29H29N5O3.CH2O2/c1-19-16-22(7-8-24(19)29(35)34-37-15-12-23-5-3-14-36-23)27-11-9-25(30)28(33-27)32-18-20-6-10-26-21(17-20)4-2-13-31-26;2-1-3/h2-4,6-11,13-14,16-17,23H,5,12,15,18,30H2,1H3,(H,32,33)(H,34,35);1H,(H,2,3). The van der Waals surface area contributed by atoms with E-state index in [0.29, 0.717) is 36.6 Å². The third-order valence-corrected chi connectivity index (χ3v) is 6.29. The predicted octanol–water partition coefficient (Wildman–Crippen LogP) is 4.85. The van der Waals surface area contributed by atoms with Crippen molar-refractivity contribution in [2.45, 2.75) is 32.4 Å². The van der Waals surface area contributed by atoms with E-state index >= 15 is 0 Å². The molecule has 10 heteroatoms. The summed E-state index contributed by atoms with van der Waals surface area (Å²) in [4.78, 5) is 35.4. The molecule has 10 nitrogen and oxygen atoms in total. The summed E-state index contributed by atoms with van der Waals surface area (Å²) >= 11 is 0. The monoisotopic (exact) mass is 541 g/mol. The van der Waals surface area contributed by atoms with Crippen molar-refractivity contribution < 1.29 is 24.3 Å². The van der Waals surface area contributed by atoms with Crippen LogP contribution in [0.4, 0.5) is 11.5 Å². The highest BCUT2D eigenvalue weighted by atomic mass is 16.7. The number of hydroxylamine groups is 1. The third kappa shape index (κ3) is 7.33. The molecule has 0 spiro atoms. The number of nitrogens with two attached hydrogens (primary N) is 1. The van der Waals surface area contributed by atoms with Gasteiger partial charge in [0, 0.05) is 42.1 Å². The van der Waals surface area contributed by atoms with Crippen LogP contribution in [0.15, 0.2) is 79.2 Å². The van der Waals surface area contributed by atoms with Crippen molar-refractivity contribution in [3.05, 3.63) is 95.9 Å². The van der Waals surface area contributed by atoms with Gasteiger partial charge in [-0.3, -0.25) is 19.4 Å². The number of nitrogen functional groups attached to an aromatic ring is 1. The summed E-state index contributed by atoms with van der Waals surface area (Å²) in [5, 5.41) is 11.3. The van der Waals surface area contributed by atoms with Crippen LogP contribution in [0.5, 0.6) is 0 Å². The predicted molar refractivity (Wildman–Crippen MR) is 153 cm³/mol. The Balaban J connectivity index is 0.00000118. The molecule has 0 fully saturated rings. The molecule has 1 atom stereocenters. The molecule has 3 heterocycles. The number of carbonyl (C=O) groups excluding carboxylic acids is 1. The van der Waals surface area contributed by atoms with Crippen LogP contribution >= 0.6 is 0 Å². The smallest absolute Gasteiger partial charge is 0.290 e. The van der Waals surface area contributed by atoms with Crippen LogP contribution in [0.3, 0.4) is 0 Å². The number of nitrogens with zero attached hydrogens (tertiary/aromatic N) is 2. The van der Waals surface area contributed by atoms with E-state index in [1.165, 1.54) is 0 Å². The first-order valence-corrected chi connectivity index (χ1v) is 12.7. The van der Waals surface area contributed by atoms with Gasteiger partial charge >= 0.3 is 0 Å². The molecule has 1 aliphatic heterocycles. The van der Waals surface area contributed by atoms with Crippen LogP contribution in [0, 0.1) is 6.92 Å². The molecule has 4 aromatic rings. The summed E-state index contributed by atoms with van der Waals surface area (Å²) in [6.07, 6.45) is 7.17. The Morgan fingerprint density at radius 2 is 2.05 bits per heavy atom. The first-order valence-electron chi connectivity index (χ1n) is 12.7. The summed E-state index contributed by atoms with van der Waals surface area (Å²) < 4.78 is 5.39. The lowest BCUT2D eigenvalue weighted by molar-refractivity contribution is -0.122. The van der Waals surface area contributed by atoms with Gasteiger partial charge in [-0.1, -0.05) is 18.2 Å². The van der Waals surface area contributed by atoms with Gasteiger partial charge in [-0.2, -0.15) is 0 Å². The molecular formula is C30H31N5O5. The zero-order valence-electron chi connectivity index (χ0n) is 22.0. The Labute approximate surface area is 231 Å². The van der Waals surface area contributed by atoms with Crippen LogP contribution < -0.4 is 16.5 Å². The van der Waals surface area contributed by atoms with E-state index in [-0.39, 0.29) is 18.5 Å². The summed E-state index contributed by atoms with van der Waals surface area (Å²) in [6, 6.07) is 19.4. The van der Waals surface area contributed by atoms with Gasteiger partial charge in [0.05, 0.1) is 29.8 Å². The number of carbonyl (C=O) groups is 2. The maximum atomic E-state index is 12.6. The quantitative estimate of drug-likeness (QED) is 0.132. The number of fused-ring (bicyclic) bond motifs is 1. The second kappa shape index (κ2) is 13.7. The van der Waals surface area contributed by atoms with Gasteiger partial charge in [-0.15, -0.1) is 0 Å². The SMILES string of the molecule is Cc1cc(-c2ccc(N)c(NCc3ccc4ncccc4c3)n2)ccc1C(=O)NOCCC1CC=CO1.O=CO. The molecule has 1 amide bonds. The Kier molecular flexibility index (Phi) is 9.62. The van der Waals surface area contributed by atoms with Gasteiger partial charge in [0.15, 0.2) is 0 Å². The minimum atomic E-state index is -0.285. The summed E-state index contributed by atoms with van der Waals surface area (Å²) in [6.45, 7) is 2.60. The molecule has 2 aromatic carbocycles. The number of pyridine rings is 2. The van der Waals surface area contributed by atoms with Gasteiger partial charge in [0.1, 0.15) is 11.9 Å². The highest BCUT2D eigenvalue weighted by Gasteiger charge is 2.14. The van der Waals surface area contributed by atoms with Gasteiger partial charge < -0.3 is 20.9 Å². The maximum Gasteiger partial charge on any atom is 0.290 e. The summed E-state index contributed by atoms with van der Waals surface area (Å²) in [5.41, 5.74) is 14.4. The maximum absolute atomic E-state index is 12.6. The van der Waals surface area contributed by atoms with Crippen molar-refractivity contribution in [3.8, 4) is 11.3 Å². The fraction of sp³-hybridized carbons (Fsp3) is 0.200. The third-order valence-electron chi connectivity index (χ3n) is 6.29. The molecule has 0 radical (unpaired) electrons. The second-order valence-electron chi connectivity index (χ2n) is 9.09. The minimum Gasteiger partial charge on any atom is -0.498 e. The van der Waals surface area contributed by atoms with Crippen LogP contribution in [0.2, 0.25) is 0 Å². The number of ether oxygens (including phenoxy) is 1. The number of amides is 1. The molecule has 0 aliphatic carbocycles. The van der Waals surface area contributed by atoms with E-state index in [4.69, 9.17) is 30.2 Å². The number of anilines is 2. The fourth-order valence-corrected chi connectivity index (χ4v) is 4.25. The number of benzene rings is 2. The normalized spacial score (nSPS) is 13.7. The molecule has 5 rings (SSSR count). The zero-order valence-corrected chi connectivity index (χ0v) is 22.0. The highest BCUT2D eigenvalue weighted by Crippen LogP contribution is 2.26. The molecule has 2 aromatic heterocycles. The molecular weight excluding hydrogens is 510 g/mol. The average Bonchev–Trinajstić information content (AvgIpc) is 3.49. The molecule has 0 saturated carbocycles. The van der Waals surface area contributed by atoms with E-state index in [2.05, 4.69) is 21.8 Å². The van der Waals surface area contributed by atoms with E-state index in [9.17, 15) is 4.79 Å². The van der Waals surface area contributed by atoms with Crippen LogP contribution in [-0.2, 0) is 20.9 Å². The number of carboxylic acid groups (broad SMARTS) is 1. The van der Waals surface area contributed by atoms with Gasteiger partial charge in [-0.05, 0) is 66.6 Å². The zero-order chi connectivity index (χ0) is 28.3. The number of hydrogen-bond donors (Lipinski definition) is 4. The topological polar surface area (TPSA) is 149 Å². The minimum absolute atomic E-state index is 0.120. The van der Waals surface area contributed by atoms with Crippen LogP contribution in [0.1, 0.15) is 34.3 Å². The first-order chi connectivity index (χ1) is 19.5. The highest BCUT2D eigenvalue weighted by molar-refractivity contribution is 5.95. The van der Waals surface area contributed by atoms with Crippen LogP contribution in [-0.4, -0.2) is 40.2 Å². The van der Waals surface area contributed by atoms with Crippen molar-refractivity contribution in [2.24, 2.45) is 0 Å². The number of hydrogen-bond acceptors (Lipinski definition) is 8. The molecule has 1 aliphatic rings. The van der Waals surface area contributed by atoms with E-state index in [1.54, 1.807) is 18.5 Å². The molecule has 0 saturated heterocycles. The lowest BCUT2D eigenvalue weighted by Crippen LogP contribution is -2.26. The molecule has 0 bridgehead atoms. The lowest BCUT2D eigenvalue weighted by Gasteiger charge is -2.13. The molecule has 1 unspecified atom stereocenters. The lowest BCUT2D eigenvalue weighted by atomic mass is 10.0. The van der Waals surface area contributed by atoms with Crippen molar-refractivity contribution in [2.75, 3.05) is 17.7 Å². The number of aromatic nitrogens is 2. The molecule has 40 heavy (non-hydrogen) atoms. The van der Waals surface area contributed by atoms with Crippen molar-refractivity contribution in [1.82, 2.24) is 15.4 Å². The Bertz CT molecular complexity index is 1500. The Hall–Kier alpha value is -4.96. The summed E-state index contributed by atoms with van der Waals surface area (Å²) in [5.74, 6) is 0.325. The average molecular weight is 542 g/mol. The Morgan fingerprint density at radius 3 is 2.83 bits per heavy atom. The number of rotatable bonds is 9. The van der Waals surface area contributed by atoms with Crippen molar-refractivity contribution in [1.29, 1.82) is 0 Å². The molecule has 5 N–H and O–H groups in total. The van der Waals surface area contributed by atoms with E-state index in [1.807, 2.05) is 61.5 Å². The molecule has 206 valence electrons. The van der Waals surface area contributed by atoms with Gasteiger partial charge in [0.2, 0.25) is 0 Å². The van der Waals surface area contributed by atoms with Crippen molar-refractivity contribution in [3.63, 3.8) is 0 Å².